The van der Waals surface area contributed by atoms with Crippen LogP contribution in [0.5, 0.6) is 5.75 Å². The van der Waals surface area contributed by atoms with Crippen LogP contribution in [0.2, 0.25) is 10.0 Å². The molecule has 3 heterocycles. The Morgan fingerprint density at radius 3 is 2.33 bits per heavy atom. The van der Waals surface area contributed by atoms with Gasteiger partial charge >= 0.3 is 5.97 Å². The number of Topliss-reactive ketones (excluding diaryl/α,β-unsaturated/α-hetero) is 1. The molecule has 7 nitrogen and oxygen atoms in total. The van der Waals surface area contributed by atoms with Gasteiger partial charge in [0.25, 0.3) is 0 Å². The van der Waals surface area contributed by atoms with Gasteiger partial charge in [-0.05, 0) is 57.0 Å². The minimum Gasteiger partial charge on any atom is -0.486 e. The van der Waals surface area contributed by atoms with E-state index in [0.717, 1.165) is 10.7 Å². The summed E-state index contributed by atoms with van der Waals surface area (Å²) in [6.45, 7) is 10.7. The first kappa shape index (κ1) is 29.8. The van der Waals surface area contributed by atoms with Crippen molar-refractivity contribution in [1.29, 1.82) is 0 Å². The number of ketones is 2. The third kappa shape index (κ3) is 5.94. The number of rotatable bonds is 9. The number of halogens is 2. The summed E-state index contributed by atoms with van der Waals surface area (Å²) in [5, 5.41) is 13.2. The number of carbonyl (C=O) groups is 3. The van der Waals surface area contributed by atoms with Crippen molar-refractivity contribution in [3.63, 3.8) is 0 Å². The van der Waals surface area contributed by atoms with E-state index in [9.17, 15) is 19.5 Å². The van der Waals surface area contributed by atoms with E-state index in [4.69, 9.17) is 27.9 Å². The second-order valence-corrected chi connectivity index (χ2v) is 13.2. The summed E-state index contributed by atoms with van der Waals surface area (Å²) in [7, 11) is 0. The van der Waals surface area contributed by atoms with Crippen LogP contribution in [-0.4, -0.2) is 32.0 Å². The van der Waals surface area contributed by atoms with Crippen molar-refractivity contribution in [2.24, 2.45) is 10.8 Å². The largest absolute Gasteiger partial charge is 0.486 e. The van der Waals surface area contributed by atoms with E-state index < -0.39 is 22.6 Å². The Morgan fingerprint density at radius 2 is 1.75 bits per heavy atom. The molecule has 0 amide bonds. The maximum atomic E-state index is 14.1. The molecule has 3 aromatic heterocycles. The molecule has 0 atom stereocenters. The molecular weight excluding hydrogens is 571 g/mol. The lowest BCUT2D eigenvalue weighted by atomic mass is 9.79. The molecule has 0 saturated carbocycles. The quantitative estimate of drug-likeness (QED) is 0.198. The van der Waals surface area contributed by atoms with Crippen molar-refractivity contribution >= 4 is 57.6 Å². The fourth-order valence-electron chi connectivity index (χ4n) is 4.33. The van der Waals surface area contributed by atoms with Crippen molar-refractivity contribution in [3.05, 3.63) is 85.0 Å². The minimum atomic E-state index is -1.27. The average Bonchev–Trinajstić information content (AvgIpc) is 3.42. The Kier molecular flexibility index (Phi) is 8.18. The Hall–Kier alpha value is -3.20. The molecule has 0 aliphatic heterocycles. The second kappa shape index (κ2) is 11.0. The van der Waals surface area contributed by atoms with Crippen LogP contribution in [0, 0.1) is 17.8 Å². The third-order valence-corrected chi connectivity index (χ3v) is 8.22. The van der Waals surface area contributed by atoms with Crippen LogP contribution in [0.4, 0.5) is 0 Å². The van der Waals surface area contributed by atoms with Crippen LogP contribution < -0.4 is 4.74 Å². The second-order valence-electron chi connectivity index (χ2n) is 11.4. The molecule has 4 rings (SSSR count). The zero-order valence-electron chi connectivity index (χ0n) is 23.1. The molecule has 4 aromatic rings. The summed E-state index contributed by atoms with van der Waals surface area (Å²) in [6.07, 6.45) is 1.61. The zero-order chi connectivity index (χ0) is 29.6. The van der Waals surface area contributed by atoms with Crippen LogP contribution in [0.3, 0.4) is 0 Å². The Labute approximate surface area is 246 Å². The van der Waals surface area contributed by atoms with Gasteiger partial charge in [-0.15, -0.1) is 11.3 Å². The summed E-state index contributed by atoms with van der Waals surface area (Å²) >= 11 is 13.8. The van der Waals surface area contributed by atoms with E-state index in [1.165, 1.54) is 23.5 Å². The van der Waals surface area contributed by atoms with E-state index in [0.29, 0.717) is 27.4 Å². The molecular formula is C30H30Cl2N2O5S. The predicted octanol–water partition coefficient (Wildman–Crippen LogP) is 7.70. The highest BCUT2D eigenvalue weighted by Gasteiger charge is 2.37. The fourth-order valence-corrected chi connectivity index (χ4v) is 5.31. The highest BCUT2D eigenvalue weighted by Crippen LogP contribution is 2.37. The summed E-state index contributed by atoms with van der Waals surface area (Å²) < 4.78 is 7.64. The number of aromatic nitrogens is 2. The molecule has 1 N–H and O–H groups in total. The van der Waals surface area contributed by atoms with Gasteiger partial charge in [0.2, 0.25) is 5.78 Å². The molecule has 0 aliphatic carbocycles. The zero-order valence-corrected chi connectivity index (χ0v) is 25.4. The molecule has 0 saturated heterocycles. The van der Waals surface area contributed by atoms with Crippen LogP contribution >= 0.6 is 34.5 Å². The number of nitrogens with zero attached hydrogens (tertiary/aromatic N) is 2. The monoisotopic (exact) mass is 600 g/mol. The maximum Gasteiger partial charge on any atom is 0.309 e. The number of carbonyl (C=O) groups excluding carboxylic acids is 2. The number of thiazole rings is 1. The number of benzene rings is 1. The molecule has 0 bridgehead atoms. The lowest BCUT2D eigenvalue weighted by molar-refractivity contribution is -0.146. The number of carboxylic acid groups (broad SMARTS) is 1. The number of carboxylic acids is 1. The molecule has 0 fully saturated rings. The van der Waals surface area contributed by atoms with Crippen LogP contribution in [-0.2, 0) is 17.8 Å². The molecule has 210 valence electrons. The molecule has 0 spiro atoms. The van der Waals surface area contributed by atoms with Gasteiger partial charge in [0.15, 0.2) is 5.78 Å². The van der Waals surface area contributed by atoms with Gasteiger partial charge in [-0.2, -0.15) is 0 Å². The summed E-state index contributed by atoms with van der Waals surface area (Å²) in [4.78, 5) is 44.6. The van der Waals surface area contributed by atoms with E-state index in [-0.39, 0.29) is 35.1 Å². The smallest absolute Gasteiger partial charge is 0.309 e. The molecule has 0 radical (unpaired) electrons. The summed E-state index contributed by atoms with van der Waals surface area (Å²) in [5.41, 5.74) is 0.370. The lowest BCUT2D eigenvalue weighted by Crippen LogP contribution is -2.29. The van der Waals surface area contributed by atoms with Crippen LogP contribution in [0.15, 0.2) is 41.9 Å². The Morgan fingerprint density at radius 1 is 1.05 bits per heavy atom. The Balaban J connectivity index is 1.98. The molecule has 0 aliphatic rings. The fraction of sp³-hybridized carbons (Fsp3) is 0.333. The maximum absolute atomic E-state index is 14.1. The molecule has 1 aromatic carbocycles. The first-order valence-electron chi connectivity index (χ1n) is 12.6. The van der Waals surface area contributed by atoms with Gasteiger partial charge in [0.05, 0.1) is 26.7 Å². The normalized spacial score (nSPS) is 12.1. The van der Waals surface area contributed by atoms with Gasteiger partial charge in [0.1, 0.15) is 17.4 Å². The number of aryl methyl sites for hydroxylation is 1. The van der Waals surface area contributed by atoms with E-state index in [1.807, 2.05) is 12.3 Å². The SMILES string of the molecule is Cc1csc(COc2ccn3c(C(=O)c4ccc(Cl)c(Cl)c4)c(CC(C)(C)C(=O)O)c(C(=O)C(C)(C)C)c3c2)n1. The van der Waals surface area contributed by atoms with Gasteiger partial charge in [-0.3, -0.25) is 14.4 Å². The lowest BCUT2D eigenvalue weighted by Gasteiger charge is -2.22. The minimum absolute atomic E-state index is 0.0574. The average molecular weight is 602 g/mol. The van der Waals surface area contributed by atoms with Crippen molar-refractivity contribution in [3.8, 4) is 5.75 Å². The first-order valence-corrected chi connectivity index (χ1v) is 14.2. The topological polar surface area (TPSA) is 98.0 Å². The number of aliphatic carboxylic acids is 1. The summed E-state index contributed by atoms with van der Waals surface area (Å²) in [6, 6.07) is 7.97. The van der Waals surface area contributed by atoms with E-state index in [1.54, 1.807) is 63.4 Å². The summed E-state index contributed by atoms with van der Waals surface area (Å²) in [5.74, 6) is -1.20. The highest BCUT2D eigenvalue weighted by atomic mass is 35.5. The van der Waals surface area contributed by atoms with E-state index in [2.05, 4.69) is 4.98 Å². The van der Waals surface area contributed by atoms with E-state index >= 15 is 0 Å². The first-order chi connectivity index (χ1) is 18.6. The number of hydrogen-bond donors (Lipinski definition) is 1. The predicted molar refractivity (Wildman–Crippen MR) is 157 cm³/mol. The highest BCUT2D eigenvalue weighted by molar-refractivity contribution is 7.09. The van der Waals surface area contributed by atoms with Crippen molar-refractivity contribution in [2.45, 2.75) is 54.6 Å². The van der Waals surface area contributed by atoms with Crippen LogP contribution in [0.25, 0.3) is 5.52 Å². The van der Waals surface area contributed by atoms with Gasteiger partial charge in [-0.1, -0.05) is 44.0 Å². The molecule has 10 heteroatoms. The number of fused-ring (bicyclic) bond motifs is 1. The molecule has 40 heavy (non-hydrogen) atoms. The molecule has 0 unspecified atom stereocenters. The number of hydrogen-bond acceptors (Lipinski definition) is 6. The van der Waals surface area contributed by atoms with Gasteiger partial charge in [-0.25, -0.2) is 4.98 Å². The number of ether oxygens (including phenoxy) is 1. The third-order valence-electron chi connectivity index (χ3n) is 6.54. The van der Waals surface area contributed by atoms with Gasteiger partial charge in [0, 0.05) is 39.9 Å². The number of pyridine rings is 1. The van der Waals surface area contributed by atoms with Crippen molar-refractivity contribution < 1.29 is 24.2 Å². The standard InChI is InChI=1S/C30H30Cl2N2O5S/c1-16-15-40-23(33-16)14-39-18-9-10-34-22(12-18)24(27(36)29(2,3)4)19(13-30(5,6)28(37)38)25(34)26(35)17-7-8-20(31)21(32)11-17/h7-12,15H,13-14H2,1-6H3,(H,37,38). The van der Waals surface area contributed by atoms with Crippen molar-refractivity contribution in [2.75, 3.05) is 0 Å². The Bertz CT molecular complexity index is 1650. The van der Waals surface area contributed by atoms with Crippen molar-refractivity contribution in [1.82, 2.24) is 9.38 Å². The van der Waals surface area contributed by atoms with Gasteiger partial charge < -0.3 is 14.2 Å². The van der Waals surface area contributed by atoms with Crippen LogP contribution in [0.1, 0.15) is 77.3 Å².